The molecule has 1 amide bonds. The van der Waals surface area contributed by atoms with Crippen LogP contribution in [0.25, 0.3) is 11.4 Å². The van der Waals surface area contributed by atoms with Gasteiger partial charge < -0.3 is 5.32 Å². The molecule has 0 spiro atoms. The molecule has 9 heteroatoms. The van der Waals surface area contributed by atoms with Gasteiger partial charge in [-0.2, -0.15) is 4.98 Å². The van der Waals surface area contributed by atoms with E-state index in [9.17, 15) is 4.79 Å². The van der Waals surface area contributed by atoms with Crippen LogP contribution in [-0.2, 0) is 6.54 Å². The summed E-state index contributed by atoms with van der Waals surface area (Å²) in [5.74, 6) is 0.730. The van der Waals surface area contributed by atoms with Gasteiger partial charge in [0.25, 0.3) is 11.7 Å². The van der Waals surface area contributed by atoms with Crippen LogP contribution >= 0.6 is 0 Å². The molecule has 9 nitrogen and oxygen atoms in total. The second-order valence-electron chi connectivity index (χ2n) is 5.41. The van der Waals surface area contributed by atoms with Crippen molar-refractivity contribution < 1.29 is 4.79 Å². The maximum Gasteiger partial charge on any atom is 0.291 e. The van der Waals surface area contributed by atoms with Crippen molar-refractivity contribution in [3.05, 3.63) is 53.5 Å². The topological polar surface area (TPSA) is 102 Å². The minimum atomic E-state index is -0.384. The van der Waals surface area contributed by atoms with E-state index in [0.29, 0.717) is 11.6 Å². The zero-order valence-electron chi connectivity index (χ0n) is 13.1. The van der Waals surface area contributed by atoms with Crippen LogP contribution in [-0.4, -0.2) is 40.1 Å². The van der Waals surface area contributed by atoms with Crippen LogP contribution in [0.3, 0.4) is 0 Å². The molecule has 4 aromatic heterocycles. The average Bonchev–Trinajstić information content (AvgIpc) is 3.17. The van der Waals surface area contributed by atoms with Gasteiger partial charge >= 0.3 is 0 Å². The van der Waals surface area contributed by atoms with Crippen LogP contribution in [0.2, 0.25) is 0 Å². The monoisotopic (exact) mass is 322 g/mol. The zero-order chi connectivity index (χ0) is 16.7. The molecule has 0 aliphatic heterocycles. The summed E-state index contributed by atoms with van der Waals surface area (Å²) in [5.41, 5.74) is 2.42. The fourth-order valence-electron chi connectivity index (χ4n) is 2.51. The van der Waals surface area contributed by atoms with Crippen molar-refractivity contribution in [3.8, 4) is 0 Å². The lowest BCUT2D eigenvalue weighted by Gasteiger charge is -2.01. The molecule has 0 radical (unpaired) electrons. The van der Waals surface area contributed by atoms with Gasteiger partial charge in [0.1, 0.15) is 0 Å². The third-order valence-corrected chi connectivity index (χ3v) is 3.61. The van der Waals surface area contributed by atoms with E-state index >= 15 is 0 Å². The van der Waals surface area contributed by atoms with Gasteiger partial charge in [-0.3, -0.25) is 9.20 Å². The van der Waals surface area contributed by atoms with E-state index in [1.54, 1.807) is 4.52 Å². The Morgan fingerprint density at radius 1 is 1.21 bits per heavy atom. The van der Waals surface area contributed by atoms with Gasteiger partial charge in [0.15, 0.2) is 11.5 Å². The quantitative estimate of drug-likeness (QED) is 0.596. The molecule has 0 saturated carbocycles. The smallest absolute Gasteiger partial charge is 0.291 e. The summed E-state index contributed by atoms with van der Waals surface area (Å²) in [7, 11) is 0. The first-order valence-corrected chi connectivity index (χ1v) is 7.40. The van der Waals surface area contributed by atoms with Gasteiger partial charge in [0.2, 0.25) is 5.82 Å². The molecule has 4 rings (SSSR count). The van der Waals surface area contributed by atoms with E-state index in [4.69, 9.17) is 0 Å². The molecular formula is C15H14N8O. The second-order valence-corrected chi connectivity index (χ2v) is 5.41. The maximum absolute atomic E-state index is 12.3. The highest BCUT2D eigenvalue weighted by Gasteiger charge is 2.15. The summed E-state index contributed by atoms with van der Waals surface area (Å²) in [6.45, 7) is 3.99. The van der Waals surface area contributed by atoms with Gasteiger partial charge in [0, 0.05) is 17.6 Å². The number of aryl methyl sites for hydroxylation is 2. The Morgan fingerprint density at radius 3 is 2.96 bits per heavy atom. The van der Waals surface area contributed by atoms with Crippen molar-refractivity contribution in [2.24, 2.45) is 0 Å². The third-order valence-electron chi connectivity index (χ3n) is 3.61. The second kappa shape index (κ2) is 5.37. The van der Waals surface area contributed by atoms with Crippen molar-refractivity contribution in [1.82, 2.24) is 39.5 Å². The Morgan fingerprint density at radius 2 is 2.08 bits per heavy atom. The van der Waals surface area contributed by atoms with Crippen LogP contribution in [0.5, 0.6) is 0 Å². The molecule has 1 N–H and O–H groups in total. The Bertz CT molecular complexity index is 1060. The third kappa shape index (κ3) is 2.35. The number of amides is 1. The number of nitrogens with one attached hydrogen (secondary N) is 1. The highest BCUT2D eigenvalue weighted by molar-refractivity contribution is 5.90. The number of pyridine rings is 1. The minimum absolute atomic E-state index is 0.0741. The Balaban J connectivity index is 1.57. The molecule has 0 atom stereocenters. The summed E-state index contributed by atoms with van der Waals surface area (Å²) < 4.78 is 3.36. The van der Waals surface area contributed by atoms with E-state index in [0.717, 1.165) is 17.0 Å². The maximum atomic E-state index is 12.3. The lowest BCUT2D eigenvalue weighted by atomic mass is 10.4. The minimum Gasteiger partial charge on any atom is -0.342 e. The van der Waals surface area contributed by atoms with Crippen molar-refractivity contribution >= 4 is 17.3 Å². The first kappa shape index (κ1) is 14.2. The molecule has 0 aromatic carbocycles. The first-order valence-electron chi connectivity index (χ1n) is 7.40. The highest BCUT2D eigenvalue weighted by Crippen LogP contribution is 2.06. The number of hydrogen-bond acceptors (Lipinski definition) is 6. The van der Waals surface area contributed by atoms with Crippen molar-refractivity contribution in [2.45, 2.75) is 20.4 Å². The Kier molecular flexibility index (Phi) is 3.19. The van der Waals surface area contributed by atoms with Crippen LogP contribution < -0.4 is 5.32 Å². The fourth-order valence-corrected chi connectivity index (χ4v) is 2.51. The van der Waals surface area contributed by atoms with Gasteiger partial charge in [-0.15, -0.1) is 15.3 Å². The van der Waals surface area contributed by atoms with E-state index in [-0.39, 0.29) is 18.3 Å². The van der Waals surface area contributed by atoms with Gasteiger partial charge in [-0.05, 0) is 32.0 Å². The number of rotatable bonds is 3. The van der Waals surface area contributed by atoms with E-state index in [2.05, 4.69) is 30.6 Å². The predicted octanol–water partition coefficient (Wildman–Crippen LogP) is 0.714. The fraction of sp³-hybridized carbons (Fsp3) is 0.200. The summed E-state index contributed by atoms with van der Waals surface area (Å²) in [5, 5.41) is 15.1. The van der Waals surface area contributed by atoms with Crippen LogP contribution in [0, 0.1) is 13.8 Å². The number of aromatic nitrogens is 7. The zero-order valence-corrected chi connectivity index (χ0v) is 13.1. The van der Waals surface area contributed by atoms with Crippen LogP contribution in [0.15, 0.2) is 30.5 Å². The molecule has 0 aliphatic carbocycles. The number of nitrogens with zero attached hydrogens (tertiary/aromatic N) is 7. The number of fused-ring (bicyclic) bond motifs is 2. The number of carbonyl (C=O) groups excluding carboxylic acids is 1. The summed E-state index contributed by atoms with van der Waals surface area (Å²) >= 11 is 0. The molecule has 0 unspecified atom stereocenters. The summed E-state index contributed by atoms with van der Waals surface area (Å²) in [4.78, 5) is 20.8. The molecule has 120 valence electrons. The van der Waals surface area contributed by atoms with E-state index < -0.39 is 0 Å². The highest BCUT2D eigenvalue weighted by atomic mass is 16.2. The van der Waals surface area contributed by atoms with Crippen LogP contribution in [0.4, 0.5) is 0 Å². The molecule has 4 heterocycles. The largest absolute Gasteiger partial charge is 0.342 e. The standard InChI is InChI=1S/C15H14N8O/c1-9-7-10(2)23-15(17-9)18-13(21-23)14(24)16-8-12-20-19-11-5-3-4-6-22(11)12/h3-7H,8H2,1-2H3,(H,16,24). The van der Waals surface area contributed by atoms with Crippen molar-refractivity contribution in [3.63, 3.8) is 0 Å². The molecule has 24 heavy (non-hydrogen) atoms. The lowest BCUT2D eigenvalue weighted by Crippen LogP contribution is -2.25. The van der Waals surface area contributed by atoms with Crippen molar-refractivity contribution in [1.29, 1.82) is 0 Å². The van der Waals surface area contributed by atoms with Gasteiger partial charge in [0.05, 0.1) is 6.54 Å². The van der Waals surface area contributed by atoms with Crippen molar-refractivity contribution in [2.75, 3.05) is 0 Å². The SMILES string of the molecule is Cc1cc(C)n2nc(C(=O)NCc3nnc4ccccn34)nc2n1. The number of hydrogen-bond donors (Lipinski definition) is 1. The first-order chi connectivity index (χ1) is 11.6. The number of carbonyl (C=O) groups is 1. The average molecular weight is 322 g/mol. The van der Waals surface area contributed by atoms with Gasteiger partial charge in [-0.25, -0.2) is 9.50 Å². The molecule has 4 aromatic rings. The van der Waals surface area contributed by atoms with E-state index in [1.807, 2.05) is 48.7 Å². The molecular weight excluding hydrogens is 308 g/mol. The molecule has 0 bridgehead atoms. The lowest BCUT2D eigenvalue weighted by molar-refractivity contribution is 0.0939. The summed E-state index contributed by atoms with van der Waals surface area (Å²) in [6.07, 6.45) is 1.84. The molecule has 0 saturated heterocycles. The molecule has 0 fully saturated rings. The molecule has 0 aliphatic rings. The van der Waals surface area contributed by atoms with Gasteiger partial charge in [-0.1, -0.05) is 6.07 Å². The normalized spacial score (nSPS) is 11.2. The summed E-state index contributed by atoms with van der Waals surface area (Å²) in [6, 6.07) is 7.48. The van der Waals surface area contributed by atoms with E-state index in [1.165, 1.54) is 0 Å². The van der Waals surface area contributed by atoms with Crippen LogP contribution in [0.1, 0.15) is 27.8 Å². The Labute approximate surface area is 136 Å². The Hall–Kier alpha value is -3.36. The predicted molar refractivity (Wildman–Crippen MR) is 84.4 cm³/mol.